The second kappa shape index (κ2) is 6.90. The number of hydrogen-bond acceptors (Lipinski definition) is 4. The molecule has 106 valence electrons. The average Bonchev–Trinajstić information content (AvgIpc) is 2.38. The number of aromatic nitrogens is 2. The molecule has 0 fully saturated rings. The molecule has 2 rings (SSSR count). The predicted molar refractivity (Wildman–Crippen MR) is 85.0 cm³/mol. The number of rotatable bonds is 5. The van der Waals surface area contributed by atoms with E-state index < -0.39 is 0 Å². The Labute approximate surface area is 131 Å². The van der Waals surface area contributed by atoms with Gasteiger partial charge in [-0.2, -0.15) is 0 Å². The molecule has 1 aromatic carbocycles. The third-order valence-corrected chi connectivity index (χ3v) is 3.45. The molecule has 6 heteroatoms. The molecular weight excluding hydrogens is 342 g/mol. The van der Waals surface area contributed by atoms with Gasteiger partial charge in [0.2, 0.25) is 0 Å². The summed E-state index contributed by atoms with van der Waals surface area (Å²) in [6, 6.07) is 7.43. The van der Waals surface area contributed by atoms with Crippen LogP contribution in [0.3, 0.4) is 0 Å². The van der Waals surface area contributed by atoms with Crippen molar-refractivity contribution in [3.8, 4) is 5.75 Å². The number of nitrogens with zero attached hydrogens (tertiary/aromatic N) is 2. The Morgan fingerprint density at radius 1 is 1.30 bits per heavy atom. The van der Waals surface area contributed by atoms with E-state index in [-0.39, 0.29) is 0 Å². The molecule has 1 aromatic heterocycles. The summed E-state index contributed by atoms with van der Waals surface area (Å²) in [4.78, 5) is 8.63. The Bertz CT molecular complexity index is 607. The normalized spacial score (nSPS) is 10.4. The number of methoxy groups -OCH3 is 1. The molecule has 0 bridgehead atoms. The zero-order valence-corrected chi connectivity index (χ0v) is 13.6. The lowest BCUT2D eigenvalue weighted by Gasteiger charge is -2.09. The van der Waals surface area contributed by atoms with Crippen LogP contribution in [-0.4, -0.2) is 17.1 Å². The van der Waals surface area contributed by atoms with Gasteiger partial charge in [0.15, 0.2) is 0 Å². The Kier molecular flexibility index (Phi) is 5.20. The maximum atomic E-state index is 6.01. The molecule has 1 heterocycles. The first kappa shape index (κ1) is 15.1. The average molecular weight is 357 g/mol. The summed E-state index contributed by atoms with van der Waals surface area (Å²) in [6.45, 7) is 2.08. The fraction of sp³-hybridized carbons (Fsp3) is 0.286. The molecule has 0 amide bonds. The van der Waals surface area contributed by atoms with E-state index in [1.807, 2.05) is 18.2 Å². The van der Waals surface area contributed by atoms with Gasteiger partial charge < -0.3 is 10.1 Å². The number of hydrogen-bond donors (Lipinski definition) is 1. The van der Waals surface area contributed by atoms with Crippen LogP contribution in [0.5, 0.6) is 5.75 Å². The highest BCUT2D eigenvalue weighted by Crippen LogP contribution is 2.29. The number of aryl methyl sites for hydroxylation is 1. The third-order valence-electron chi connectivity index (χ3n) is 2.64. The van der Waals surface area contributed by atoms with E-state index in [9.17, 15) is 0 Å². The monoisotopic (exact) mass is 355 g/mol. The van der Waals surface area contributed by atoms with E-state index in [1.54, 1.807) is 13.2 Å². The molecule has 0 aliphatic rings. The van der Waals surface area contributed by atoms with Gasteiger partial charge in [-0.3, -0.25) is 0 Å². The van der Waals surface area contributed by atoms with E-state index in [1.165, 1.54) is 0 Å². The van der Waals surface area contributed by atoms with Crippen LogP contribution < -0.4 is 10.1 Å². The number of halogens is 2. The molecule has 0 spiro atoms. The van der Waals surface area contributed by atoms with Gasteiger partial charge in [-0.15, -0.1) is 0 Å². The molecule has 0 atom stereocenters. The zero-order chi connectivity index (χ0) is 14.5. The van der Waals surface area contributed by atoms with Gasteiger partial charge >= 0.3 is 0 Å². The Morgan fingerprint density at radius 2 is 2.10 bits per heavy atom. The second-order valence-electron chi connectivity index (χ2n) is 4.22. The first-order valence-electron chi connectivity index (χ1n) is 6.26. The largest absolute Gasteiger partial charge is 0.496 e. The fourth-order valence-electron chi connectivity index (χ4n) is 1.76. The molecule has 0 aliphatic carbocycles. The molecule has 20 heavy (non-hydrogen) atoms. The summed E-state index contributed by atoms with van der Waals surface area (Å²) in [5.74, 6) is 2.21. The van der Waals surface area contributed by atoms with Gasteiger partial charge in [-0.25, -0.2) is 9.97 Å². The van der Waals surface area contributed by atoms with Crippen molar-refractivity contribution in [2.45, 2.75) is 19.8 Å². The topological polar surface area (TPSA) is 47.0 Å². The summed E-state index contributed by atoms with van der Waals surface area (Å²) < 4.78 is 6.07. The molecule has 0 unspecified atom stereocenters. The van der Waals surface area contributed by atoms with Crippen LogP contribution in [0.25, 0.3) is 0 Å². The lowest BCUT2D eigenvalue weighted by molar-refractivity contribution is 0.412. The van der Waals surface area contributed by atoms with E-state index >= 15 is 0 Å². The van der Waals surface area contributed by atoms with E-state index in [0.29, 0.717) is 11.0 Å². The van der Waals surface area contributed by atoms with Crippen LogP contribution in [0.1, 0.15) is 19.2 Å². The standard InChI is InChI=1S/C14H15BrClN3O/c1-3-4-13-18-12(16)8-14(19-13)17-9-5-6-11(20-2)10(15)7-9/h5-8H,3-4H2,1-2H3,(H,17,18,19). The lowest BCUT2D eigenvalue weighted by Crippen LogP contribution is -2.00. The molecule has 2 aromatic rings. The first-order chi connectivity index (χ1) is 9.62. The third kappa shape index (κ3) is 3.84. The molecule has 4 nitrogen and oxygen atoms in total. The number of nitrogens with one attached hydrogen (secondary N) is 1. The lowest BCUT2D eigenvalue weighted by atomic mass is 10.3. The van der Waals surface area contributed by atoms with Crippen LogP contribution in [0.2, 0.25) is 5.15 Å². The van der Waals surface area contributed by atoms with Crippen molar-refractivity contribution in [3.05, 3.63) is 39.7 Å². The molecule has 0 saturated heterocycles. The Morgan fingerprint density at radius 3 is 2.75 bits per heavy atom. The van der Waals surface area contributed by atoms with Crippen molar-refractivity contribution < 1.29 is 4.74 Å². The SMILES string of the molecule is CCCc1nc(Cl)cc(Nc2ccc(OC)c(Br)c2)n1. The van der Waals surface area contributed by atoms with Gasteiger partial charge in [0.25, 0.3) is 0 Å². The second-order valence-corrected chi connectivity index (χ2v) is 5.46. The summed E-state index contributed by atoms with van der Waals surface area (Å²) >= 11 is 9.46. The van der Waals surface area contributed by atoms with E-state index in [2.05, 4.69) is 38.1 Å². The zero-order valence-electron chi connectivity index (χ0n) is 11.3. The molecule has 0 saturated carbocycles. The number of ether oxygens (including phenoxy) is 1. The van der Waals surface area contributed by atoms with Crippen molar-refractivity contribution in [2.24, 2.45) is 0 Å². The minimum absolute atomic E-state index is 0.443. The highest BCUT2D eigenvalue weighted by molar-refractivity contribution is 9.10. The van der Waals surface area contributed by atoms with Crippen molar-refractivity contribution in [1.82, 2.24) is 9.97 Å². The Balaban J connectivity index is 2.23. The van der Waals surface area contributed by atoms with Crippen LogP contribution >= 0.6 is 27.5 Å². The highest BCUT2D eigenvalue weighted by atomic mass is 79.9. The van der Waals surface area contributed by atoms with Crippen LogP contribution in [0, 0.1) is 0 Å². The van der Waals surface area contributed by atoms with E-state index in [4.69, 9.17) is 16.3 Å². The predicted octanol–water partition coefficient (Wildman–Crippen LogP) is 4.60. The van der Waals surface area contributed by atoms with Crippen molar-refractivity contribution in [3.63, 3.8) is 0 Å². The van der Waals surface area contributed by atoms with Crippen LogP contribution in [0.4, 0.5) is 11.5 Å². The first-order valence-corrected chi connectivity index (χ1v) is 7.43. The van der Waals surface area contributed by atoms with E-state index in [0.717, 1.165) is 34.6 Å². The van der Waals surface area contributed by atoms with Crippen LogP contribution in [0.15, 0.2) is 28.7 Å². The van der Waals surface area contributed by atoms with Gasteiger partial charge in [-0.05, 0) is 40.5 Å². The minimum atomic E-state index is 0.443. The number of anilines is 2. The molecule has 0 aliphatic heterocycles. The van der Waals surface area contributed by atoms with Gasteiger partial charge in [0.05, 0.1) is 11.6 Å². The Hall–Kier alpha value is -1.33. The smallest absolute Gasteiger partial charge is 0.135 e. The van der Waals surface area contributed by atoms with Gasteiger partial charge in [0, 0.05) is 18.2 Å². The highest BCUT2D eigenvalue weighted by Gasteiger charge is 2.05. The van der Waals surface area contributed by atoms with Crippen molar-refractivity contribution in [2.75, 3.05) is 12.4 Å². The van der Waals surface area contributed by atoms with Crippen LogP contribution in [-0.2, 0) is 6.42 Å². The quantitative estimate of drug-likeness (QED) is 0.796. The minimum Gasteiger partial charge on any atom is -0.496 e. The fourth-order valence-corrected chi connectivity index (χ4v) is 2.50. The summed E-state index contributed by atoms with van der Waals surface area (Å²) in [7, 11) is 1.63. The molecule has 0 radical (unpaired) electrons. The maximum Gasteiger partial charge on any atom is 0.135 e. The summed E-state index contributed by atoms with van der Waals surface area (Å²) in [5, 5.41) is 3.66. The summed E-state index contributed by atoms with van der Waals surface area (Å²) in [5.41, 5.74) is 0.898. The summed E-state index contributed by atoms with van der Waals surface area (Å²) in [6.07, 6.45) is 1.79. The maximum absolute atomic E-state index is 6.01. The number of benzene rings is 1. The van der Waals surface area contributed by atoms with Gasteiger partial charge in [-0.1, -0.05) is 18.5 Å². The van der Waals surface area contributed by atoms with Crippen molar-refractivity contribution >= 4 is 39.0 Å². The molecular formula is C14H15BrClN3O. The molecule has 1 N–H and O–H groups in total. The van der Waals surface area contributed by atoms with Gasteiger partial charge in [0.1, 0.15) is 22.5 Å². The van der Waals surface area contributed by atoms with Crippen molar-refractivity contribution in [1.29, 1.82) is 0 Å².